The zero-order valence-electron chi connectivity index (χ0n) is 12.0. The van der Waals surface area contributed by atoms with Crippen LogP contribution in [0.4, 0.5) is 0 Å². The molecule has 0 aliphatic heterocycles. The number of hydrogen-bond acceptors (Lipinski definition) is 2. The van der Waals surface area contributed by atoms with E-state index >= 15 is 0 Å². The van der Waals surface area contributed by atoms with Crippen molar-refractivity contribution in [3.63, 3.8) is 0 Å². The molecule has 0 spiro atoms. The summed E-state index contributed by atoms with van der Waals surface area (Å²) < 4.78 is 2.01. The molecule has 1 rings (SSSR count). The molecule has 1 heterocycles. The Morgan fingerprint density at radius 3 is 2.59 bits per heavy atom. The highest BCUT2D eigenvalue weighted by Crippen LogP contribution is 2.25. The van der Waals surface area contributed by atoms with E-state index in [1.807, 2.05) is 11.7 Å². The predicted molar refractivity (Wildman–Crippen MR) is 73.2 cm³/mol. The molecule has 0 unspecified atom stereocenters. The van der Waals surface area contributed by atoms with Crippen LogP contribution in [0.25, 0.3) is 0 Å². The van der Waals surface area contributed by atoms with Gasteiger partial charge in [-0.05, 0) is 50.8 Å². The second kappa shape index (κ2) is 6.20. The van der Waals surface area contributed by atoms with E-state index in [1.165, 1.54) is 18.5 Å². The van der Waals surface area contributed by atoms with E-state index in [2.05, 4.69) is 44.2 Å². The molecule has 0 radical (unpaired) electrons. The van der Waals surface area contributed by atoms with Gasteiger partial charge >= 0.3 is 0 Å². The smallest absolute Gasteiger partial charge is 0.0596 e. The van der Waals surface area contributed by atoms with Crippen LogP contribution in [-0.2, 0) is 13.5 Å². The summed E-state index contributed by atoms with van der Waals surface area (Å²) in [5.41, 5.74) is 2.78. The maximum Gasteiger partial charge on any atom is 0.0596 e. The number of nitrogens with zero attached hydrogens (tertiary/aromatic N) is 2. The van der Waals surface area contributed by atoms with Gasteiger partial charge in [0.05, 0.1) is 5.69 Å². The molecule has 0 bridgehead atoms. The highest BCUT2D eigenvalue weighted by atomic mass is 15.3. The second-order valence-electron chi connectivity index (χ2n) is 5.74. The summed E-state index contributed by atoms with van der Waals surface area (Å²) in [5, 5.41) is 7.88. The Balaban J connectivity index is 2.45. The standard InChI is InChI=1S/C14H27N3/c1-6-8-15-9-7-14(3,4)11-13-10-12(2)16-17(13)5/h10,15H,6-9,11H2,1-5H3. The van der Waals surface area contributed by atoms with Gasteiger partial charge < -0.3 is 5.32 Å². The Kier molecular flexibility index (Phi) is 5.19. The number of rotatable bonds is 7. The van der Waals surface area contributed by atoms with Crippen LogP contribution in [-0.4, -0.2) is 22.9 Å². The molecule has 0 saturated heterocycles. The molecule has 0 amide bonds. The molecular formula is C14H27N3. The second-order valence-corrected chi connectivity index (χ2v) is 5.74. The van der Waals surface area contributed by atoms with Crippen molar-refractivity contribution in [3.05, 3.63) is 17.5 Å². The van der Waals surface area contributed by atoms with E-state index in [4.69, 9.17) is 0 Å². The lowest BCUT2D eigenvalue weighted by atomic mass is 9.84. The van der Waals surface area contributed by atoms with Crippen LogP contribution in [0, 0.1) is 12.3 Å². The van der Waals surface area contributed by atoms with Gasteiger partial charge in [0.15, 0.2) is 0 Å². The predicted octanol–water partition coefficient (Wildman–Crippen LogP) is 2.69. The summed E-state index contributed by atoms with van der Waals surface area (Å²) in [6.07, 6.45) is 3.51. The molecule has 0 aromatic carbocycles. The van der Waals surface area contributed by atoms with Gasteiger partial charge in [-0.3, -0.25) is 4.68 Å². The monoisotopic (exact) mass is 237 g/mol. The molecule has 1 aromatic heterocycles. The summed E-state index contributed by atoms with van der Waals surface area (Å²) in [6, 6.07) is 2.20. The van der Waals surface area contributed by atoms with Crippen molar-refractivity contribution in [2.24, 2.45) is 12.5 Å². The molecule has 1 aromatic rings. The molecule has 0 saturated carbocycles. The zero-order chi connectivity index (χ0) is 12.9. The minimum atomic E-state index is 0.334. The van der Waals surface area contributed by atoms with E-state index in [0.717, 1.165) is 25.2 Å². The molecule has 0 aliphatic rings. The molecule has 0 fully saturated rings. The van der Waals surface area contributed by atoms with Gasteiger partial charge in [-0.15, -0.1) is 0 Å². The molecule has 17 heavy (non-hydrogen) atoms. The van der Waals surface area contributed by atoms with Crippen LogP contribution in [0.2, 0.25) is 0 Å². The van der Waals surface area contributed by atoms with Gasteiger partial charge in [0.25, 0.3) is 0 Å². The first-order valence-corrected chi connectivity index (χ1v) is 6.65. The van der Waals surface area contributed by atoms with E-state index in [9.17, 15) is 0 Å². The summed E-state index contributed by atoms with van der Waals surface area (Å²) in [5.74, 6) is 0. The van der Waals surface area contributed by atoms with Crippen LogP contribution in [0.1, 0.15) is 45.0 Å². The molecule has 0 aliphatic carbocycles. The van der Waals surface area contributed by atoms with Gasteiger partial charge in [-0.2, -0.15) is 5.10 Å². The van der Waals surface area contributed by atoms with Crippen molar-refractivity contribution in [1.82, 2.24) is 15.1 Å². The van der Waals surface area contributed by atoms with Crippen molar-refractivity contribution in [2.45, 2.75) is 47.0 Å². The quantitative estimate of drug-likeness (QED) is 0.739. The first-order valence-electron chi connectivity index (χ1n) is 6.65. The molecule has 0 atom stereocenters. The highest BCUT2D eigenvalue weighted by Gasteiger charge is 2.20. The van der Waals surface area contributed by atoms with E-state index in [0.29, 0.717) is 5.41 Å². The first-order chi connectivity index (χ1) is 7.94. The summed E-state index contributed by atoms with van der Waals surface area (Å²) >= 11 is 0. The lowest BCUT2D eigenvalue weighted by Crippen LogP contribution is -2.25. The van der Waals surface area contributed by atoms with Crippen LogP contribution in [0.5, 0.6) is 0 Å². The Morgan fingerprint density at radius 2 is 2.06 bits per heavy atom. The molecular weight excluding hydrogens is 210 g/mol. The maximum absolute atomic E-state index is 4.41. The van der Waals surface area contributed by atoms with Gasteiger partial charge in [0.1, 0.15) is 0 Å². The molecule has 3 nitrogen and oxygen atoms in total. The average Bonchev–Trinajstić information content (AvgIpc) is 2.52. The van der Waals surface area contributed by atoms with Crippen molar-refractivity contribution >= 4 is 0 Å². The van der Waals surface area contributed by atoms with Gasteiger partial charge in [-0.25, -0.2) is 0 Å². The van der Waals surface area contributed by atoms with E-state index in [1.54, 1.807) is 0 Å². The van der Waals surface area contributed by atoms with Crippen molar-refractivity contribution in [3.8, 4) is 0 Å². The lowest BCUT2D eigenvalue weighted by Gasteiger charge is -2.24. The van der Waals surface area contributed by atoms with E-state index in [-0.39, 0.29) is 0 Å². The Morgan fingerprint density at radius 1 is 1.35 bits per heavy atom. The fourth-order valence-electron chi connectivity index (χ4n) is 2.14. The summed E-state index contributed by atoms with van der Waals surface area (Å²) in [7, 11) is 2.04. The highest BCUT2D eigenvalue weighted by molar-refractivity contribution is 5.10. The number of aromatic nitrogens is 2. The van der Waals surface area contributed by atoms with Crippen molar-refractivity contribution < 1.29 is 0 Å². The topological polar surface area (TPSA) is 29.9 Å². The third-order valence-electron chi connectivity index (χ3n) is 3.16. The van der Waals surface area contributed by atoms with Crippen molar-refractivity contribution in [1.29, 1.82) is 0 Å². The lowest BCUT2D eigenvalue weighted by molar-refractivity contribution is 0.318. The fourth-order valence-corrected chi connectivity index (χ4v) is 2.14. The number of aryl methyl sites for hydroxylation is 2. The molecule has 98 valence electrons. The van der Waals surface area contributed by atoms with Crippen LogP contribution in [0.15, 0.2) is 6.07 Å². The maximum atomic E-state index is 4.41. The van der Waals surface area contributed by atoms with Crippen LogP contribution in [0.3, 0.4) is 0 Å². The van der Waals surface area contributed by atoms with Gasteiger partial charge in [-0.1, -0.05) is 20.8 Å². The fraction of sp³-hybridized carbons (Fsp3) is 0.786. The molecule has 1 N–H and O–H groups in total. The first kappa shape index (κ1) is 14.2. The largest absolute Gasteiger partial charge is 0.317 e. The van der Waals surface area contributed by atoms with Gasteiger partial charge in [0.2, 0.25) is 0 Å². The van der Waals surface area contributed by atoms with E-state index < -0.39 is 0 Å². The van der Waals surface area contributed by atoms with Crippen LogP contribution < -0.4 is 5.32 Å². The number of hydrogen-bond donors (Lipinski definition) is 1. The SMILES string of the molecule is CCCNCCC(C)(C)Cc1cc(C)nn1C. The van der Waals surface area contributed by atoms with Crippen LogP contribution >= 0.6 is 0 Å². The normalized spacial score (nSPS) is 12.1. The minimum Gasteiger partial charge on any atom is -0.317 e. The summed E-state index contributed by atoms with van der Waals surface area (Å²) in [4.78, 5) is 0. The Hall–Kier alpha value is -0.830. The third-order valence-corrected chi connectivity index (χ3v) is 3.16. The average molecular weight is 237 g/mol. The van der Waals surface area contributed by atoms with Gasteiger partial charge in [0, 0.05) is 12.7 Å². The minimum absolute atomic E-state index is 0.334. The summed E-state index contributed by atoms with van der Waals surface area (Å²) in [6.45, 7) is 11.2. The third kappa shape index (κ3) is 4.90. The zero-order valence-corrected chi connectivity index (χ0v) is 12.0. The number of nitrogens with one attached hydrogen (secondary N) is 1. The Labute approximate surface area is 106 Å². The van der Waals surface area contributed by atoms with Crippen molar-refractivity contribution in [2.75, 3.05) is 13.1 Å². The Bertz CT molecular complexity index is 339. The molecule has 3 heteroatoms.